The summed E-state index contributed by atoms with van der Waals surface area (Å²) in [6.45, 7) is 0.0949. The maximum atomic E-state index is 12.5. The van der Waals surface area contributed by atoms with E-state index in [2.05, 4.69) is 10.3 Å². The molecule has 5 nitrogen and oxygen atoms in total. The van der Waals surface area contributed by atoms with Crippen molar-refractivity contribution in [3.8, 4) is 0 Å². The number of benzene rings is 1. The minimum absolute atomic E-state index is 0.162. The van der Waals surface area contributed by atoms with Gasteiger partial charge >= 0.3 is 6.18 Å². The summed E-state index contributed by atoms with van der Waals surface area (Å²) in [5.41, 5.74) is -0.313. The van der Waals surface area contributed by atoms with Gasteiger partial charge in [0.2, 0.25) is 5.91 Å². The first-order valence-corrected chi connectivity index (χ1v) is 8.58. The average Bonchev–Trinajstić information content (AvgIpc) is 3.07. The van der Waals surface area contributed by atoms with Gasteiger partial charge in [-0.15, -0.1) is 11.3 Å². The van der Waals surface area contributed by atoms with Gasteiger partial charge in [0.15, 0.2) is 0 Å². The zero-order chi connectivity index (χ0) is 18.7. The molecular weight excluding hydrogens is 367 g/mol. The van der Waals surface area contributed by atoms with Crippen molar-refractivity contribution in [3.05, 3.63) is 63.5 Å². The summed E-state index contributed by atoms with van der Waals surface area (Å²) in [7, 11) is 0. The second-order valence-electron chi connectivity index (χ2n) is 5.61. The summed E-state index contributed by atoms with van der Waals surface area (Å²) < 4.78 is 38.7. The van der Waals surface area contributed by atoms with Crippen LogP contribution in [0.5, 0.6) is 0 Å². The highest BCUT2D eigenvalue weighted by Crippen LogP contribution is 2.29. The van der Waals surface area contributed by atoms with Crippen LogP contribution >= 0.6 is 11.3 Å². The van der Waals surface area contributed by atoms with Gasteiger partial charge in [-0.1, -0.05) is 12.1 Å². The number of carbonyl (C=O) groups is 1. The minimum atomic E-state index is -4.36. The van der Waals surface area contributed by atoms with Crippen molar-refractivity contribution < 1.29 is 18.0 Å². The number of hydrogen-bond donors (Lipinski definition) is 1. The molecule has 0 bridgehead atoms. The molecule has 0 radical (unpaired) electrons. The molecule has 0 aliphatic carbocycles. The highest BCUT2D eigenvalue weighted by atomic mass is 32.1. The standard InChI is InChI=1S/C17H14F3N3O2S/c18-17(19,20)12-3-1-11(2-4-12)5-7-21-14(24)9-23-10-22-15-13(16(23)25)6-8-26-15/h1-4,6,8,10H,5,7,9H2,(H,21,24). The van der Waals surface area contributed by atoms with E-state index in [0.717, 1.165) is 12.1 Å². The predicted octanol–water partition coefficient (Wildman–Crippen LogP) is 2.84. The van der Waals surface area contributed by atoms with Gasteiger partial charge < -0.3 is 5.32 Å². The number of fused-ring (bicyclic) bond motifs is 1. The van der Waals surface area contributed by atoms with Crippen LogP contribution in [0.3, 0.4) is 0 Å². The quantitative estimate of drug-likeness (QED) is 0.739. The topological polar surface area (TPSA) is 64.0 Å². The molecule has 0 spiro atoms. The first-order chi connectivity index (χ1) is 12.3. The van der Waals surface area contributed by atoms with E-state index >= 15 is 0 Å². The van der Waals surface area contributed by atoms with Crippen molar-refractivity contribution in [1.29, 1.82) is 0 Å². The van der Waals surface area contributed by atoms with Crippen LogP contribution in [-0.2, 0) is 23.9 Å². The van der Waals surface area contributed by atoms with E-state index in [0.29, 0.717) is 22.2 Å². The minimum Gasteiger partial charge on any atom is -0.354 e. The molecular formula is C17H14F3N3O2S. The second-order valence-corrected chi connectivity index (χ2v) is 6.51. The van der Waals surface area contributed by atoms with E-state index in [-0.39, 0.29) is 24.6 Å². The third-order valence-corrected chi connectivity index (χ3v) is 4.60. The molecule has 0 aliphatic heterocycles. The molecule has 26 heavy (non-hydrogen) atoms. The van der Waals surface area contributed by atoms with Gasteiger partial charge in [0, 0.05) is 6.54 Å². The Bertz CT molecular complexity index is 977. The zero-order valence-corrected chi connectivity index (χ0v) is 14.2. The Morgan fingerprint density at radius 2 is 1.92 bits per heavy atom. The van der Waals surface area contributed by atoms with Crippen molar-refractivity contribution in [3.63, 3.8) is 0 Å². The van der Waals surface area contributed by atoms with Crippen LogP contribution in [0.2, 0.25) is 0 Å². The molecule has 2 heterocycles. The lowest BCUT2D eigenvalue weighted by atomic mass is 10.1. The summed E-state index contributed by atoms with van der Waals surface area (Å²) in [6, 6.07) is 6.45. The maximum absolute atomic E-state index is 12.5. The van der Waals surface area contributed by atoms with E-state index in [1.54, 1.807) is 11.4 Å². The first kappa shape index (κ1) is 18.1. The average molecular weight is 381 g/mol. The number of rotatable bonds is 5. The summed E-state index contributed by atoms with van der Waals surface area (Å²) in [6.07, 6.45) is -2.64. The Morgan fingerprint density at radius 1 is 1.19 bits per heavy atom. The van der Waals surface area contributed by atoms with Gasteiger partial charge in [0.1, 0.15) is 11.4 Å². The summed E-state index contributed by atoms with van der Waals surface area (Å²) in [5, 5.41) is 4.87. The number of hydrogen-bond acceptors (Lipinski definition) is 4. The highest BCUT2D eigenvalue weighted by molar-refractivity contribution is 7.16. The molecule has 0 saturated heterocycles. The highest BCUT2D eigenvalue weighted by Gasteiger charge is 2.29. The normalized spacial score (nSPS) is 11.7. The Kier molecular flexibility index (Phi) is 5.08. The van der Waals surface area contributed by atoms with E-state index < -0.39 is 11.7 Å². The number of amides is 1. The smallest absolute Gasteiger partial charge is 0.354 e. The first-order valence-electron chi connectivity index (χ1n) is 7.70. The molecule has 2 aromatic heterocycles. The van der Waals surface area contributed by atoms with Crippen LogP contribution in [-0.4, -0.2) is 22.0 Å². The summed E-state index contributed by atoms with van der Waals surface area (Å²) in [5.74, 6) is -0.365. The Balaban J connectivity index is 1.54. The lowest BCUT2D eigenvalue weighted by molar-refractivity contribution is -0.137. The van der Waals surface area contributed by atoms with Crippen molar-refractivity contribution in [2.75, 3.05) is 6.54 Å². The fourth-order valence-electron chi connectivity index (χ4n) is 2.42. The van der Waals surface area contributed by atoms with Crippen molar-refractivity contribution in [1.82, 2.24) is 14.9 Å². The number of nitrogens with one attached hydrogen (secondary N) is 1. The molecule has 3 rings (SSSR count). The SMILES string of the molecule is O=C(Cn1cnc2sccc2c1=O)NCCc1ccc(C(F)(F)F)cc1. The Morgan fingerprint density at radius 3 is 2.62 bits per heavy atom. The number of alkyl halides is 3. The second kappa shape index (κ2) is 7.28. The van der Waals surface area contributed by atoms with Gasteiger partial charge in [0.25, 0.3) is 5.56 Å². The van der Waals surface area contributed by atoms with Crippen LogP contribution in [0.1, 0.15) is 11.1 Å². The number of carbonyl (C=O) groups excluding carboxylic acids is 1. The summed E-state index contributed by atoms with van der Waals surface area (Å²) >= 11 is 1.35. The molecule has 136 valence electrons. The summed E-state index contributed by atoms with van der Waals surface area (Å²) in [4.78, 5) is 28.9. The fourth-order valence-corrected chi connectivity index (χ4v) is 3.15. The molecule has 0 saturated carbocycles. The molecule has 1 aromatic carbocycles. The van der Waals surface area contributed by atoms with Gasteiger partial charge in [-0.3, -0.25) is 14.2 Å². The van der Waals surface area contributed by atoms with Gasteiger partial charge in [-0.25, -0.2) is 4.98 Å². The molecule has 3 aromatic rings. The molecule has 0 fully saturated rings. The van der Waals surface area contributed by atoms with Crippen molar-refractivity contribution in [2.24, 2.45) is 0 Å². The molecule has 1 N–H and O–H groups in total. The van der Waals surface area contributed by atoms with Gasteiger partial charge in [-0.2, -0.15) is 13.2 Å². The molecule has 9 heteroatoms. The van der Waals surface area contributed by atoms with Gasteiger partial charge in [-0.05, 0) is 35.6 Å². The maximum Gasteiger partial charge on any atom is 0.416 e. The predicted molar refractivity (Wildman–Crippen MR) is 92.0 cm³/mol. The van der Waals surface area contributed by atoms with Crippen LogP contribution < -0.4 is 10.9 Å². The third kappa shape index (κ3) is 4.10. The lowest BCUT2D eigenvalue weighted by Crippen LogP contribution is -2.33. The lowest BCUT2D eigenvalue weighted by Gasteiger charge is -2.09. The largest absolute Gasteiger partial charge is 0.416 e. The van der Waals surface area contributed by atoms with E-state index in [1.807, 2.05) is 0 Å². The molecule has 0 aliphatic rings. The van der Waals surface area contributed by atoms with Gasteiger partial charge in [0.05, 0.1) is 17.3 Å². The Hall–Kier alpha value is -2.68. The van der Waals surface area contributed by atoms with E-state index in [4.69, 9.17) is 0 Å². The molecule has 0 unspecified atom stereocenters. The van der Waals surface area contributed by atoms with E-state index in [1.165, 1.54) is 34.4 Å². The van der Waals surface area contributed by atoms with Crippen molar-refractivity contribution >= 4 is 27.5 Å². The van der Waals surface area contributed by atoms with Crippen LogP contribution in [0, 0.1) is 0 Å². The van der Waals surface area contributed by atoms with Crippen LogP contribution in [0.15, 0.2) is 46.8 Å². The molecule has 1 amide bonds. The number of nitrogens with zero attached hydrogens (tertiary/aromatic N) is 2. The van der Waals surface area contributed by atoms with Crippen LogP contribution in [0.4, 0.5) is 13.2 Å². The molecule has 0 atom stereocenters. The third-order valence-electron chi connectivity index (χ3n) is 3.78. The number of thiophene rings is 1. The number of halogens is 3. The van der Waals surface area contributed by atoms with Crippen LogP contribution in [0.25, 0.3) is 10.2 Å². The Labute approximate surface area is 150 Å². The van der Waals surface area contributed by atoms with Crippen molar-refractivity contribution in [2.45, 2.75) is 19.1 Å². The van der Waals surface area contributed by atoms with E-state index in [9.17, 15) is 22.8 Å². The fraction of sp³-hybridized carbons (Fsp3) is 0.235. The zero-order valence-electron chi connectivity index (χ0n) is 13.4. The number of aromatic nitrogens is 2. The monoisotopic (exact) mass is 381 g/mol.